The minimum Gasteiger partial charge on any atom is -0.485 e. The van der Waals surface area contributed by atoms with Crippen LogP contribution < -0.4 is 10.5 Å². The van der Waals surface area contributed by atoms with Gasteiger partial charge in [-0.3, -0.25) is 0 Å². The molecule has 1 aliphatic heterocycles. The second-order valence-electron chi connectivity index (χ2n) is 4.89. The molecule has 0 fully saturated rings. The van der Waals surface area contributed by atoms with Crippen molar-refractivity contribution in [3.8, 4) is 17.1 Å². The first-order chi connectivity index (χ1) is 9.71. The van der Waals surface area contributed by atoms with E-state index in [-0.39, 0.29) is 11.9 Å². The number of aryl methyl sites for hydroxylation is 1. The van der Waals surface area contributed by atoms with E-state index in [9.17, 15) is 4.39 Å². The molecule has 20 heavy (non-hydrogen) atoms. The maximum absolute atomic E-state index is 14.1. The van der Waals surface area contributed by atoms with Crippen LogP contribution in [0.4, 0.5) is 4.39 Å². The fraction of sp³-hybridized carbons (Fsp3) is 0.333. The quantitative estimate of drug-likeness (QED) is 0.930. The minimum atomic E-state index is -0.378. The maximum Gasteiger partial charge on any atom is 0.166 e. The van der Waals surface area contributed by atoms with Crippen LogP contribution in [-0.2, 0) is 12.8 Å². The number of ether oxygens (including phenoxy) is 1. The van der Waals surface area contributed by atoms with Crippen LogP contribution in [0, 0.1) is 5.82 Å². The zero-order chi connectivity index (χ0) is 14.1. The van der Waals surface area contributed by atoms with Crippen molar-refractivity contribution in [2.45, 2.75) is 25.9 Å². The van der Waals surface area contributed by atoms with Gasteiger partial charge in [0.15, 0.2) is 17.4 Å². The third-order valence-electron chi connectivity index (χ3n) is 3.49. The highest BCUT2D eigenvalue weighted by Gasteiger charge is 2.26. The molecule has 1 aliphatic rings. The summed E-state index contributed by atoms with van der Waals surface area (Å²) < 4.78 is 19.5. The summed E-state index contributed by atoms with van der Waals surface area (Å²) in [4.78, 5) is 8.56. The summed E-state index contributed by atoms with van der Waals surface area (Å²) in [6.07, 6.45) is 4.91. The molecule has 0 bridgehead atoms. The lowest BCUT2D eigenvalue weighted by Gasteiger charge is -2.07. The highest BCUT2D eigenvalue weighted by Crippen LogP contribution is 2.34. The van der Waals surface area contributed by atoms with Gasteiger partial charge in [-0.1, -0.05) is 6.92 Å². The Kier molecular flexibility index (Phi) is 3.36. The van der Waals surface area contributed by atoms with Crippen LogP contribution >= 0.6 is 0 Å². The average molecular weight is 273 g/mol. The standard InChI is InChI=1S/C15H16FN3O/c1-2-9-7-18-15(19-8-9)11-3-10-4-12(6-17)20-14(10)13(16)5-11/h3,5,7-8,12H,2,4,6,17H2,1H3. The van der Waals surface area contributed by atoms with E-state index in [0.29, 0.717) is 30.1 Å². The molecule has 3 rings (SSSR count). The molecule has 2 aromatic rings. The monoisotopic (exact) mass is 273 g/mol. The van der Waals surface area contributed by atoms with Gasteiger partial charge in [-0.2, -0.15) is 0 Å². The molecule has 0 aliphatic carbocycles. The average Bonchev–Trinajstić information content (AvgIpc) is 2.91. The molecule has 1 unspecified atom stereocenters. The predicted molar refractivity (Wildman–Crippen MR) is 74.0 cm³/mol. The third-order valence-corrected chi connectivity index (χ3v) is 3.49. The van der Waals surface area contributed by atoms with E-state index >= 15 is 0 Å². The molecule has 1 aromatic heterocycles. The largest absolute Gasteiger partial charge is 0.485 e. The molecule has 0 saturated carbocycles. The van der Waals surface area contributed by atoms with Crippen molar-refractivity contribution < 1.29 is 9.13 Å². The smallest absolute Gasteiger partial charge is 0.166 e. The SMILES string of the molecule is CCc1cnc(-c2cc(F)c3c(c2)CC(CN)O3)nc1. The molecule has 2 heterocycles. The number of rotatable bonds is 3. The van der Waals surface area contributed by atoms with E-state index in [1.54, 1.807) is 12.4 Å². The number of hydrogen-bond donors (Lipinski definition) is 1. The third kappa shape index (κ3) is 2.25. The number of nitrogens with zero attached hydrogens (tertiary/aromatic N) is 2. The Labute approximate surface area is 116 Å². The first-order valence-electron chi connectivity index (χ1n) is 6.71. The van der Waals surface area contributed by atoms with Crippen LogP contribution in [0.2, 0.25) is 0 Å². The van der Waals surface area contributed by atoms with Gasteiger partial charge in [0.05, 0.1) is 0 Å². The number of halogens is 1. The van der Waals surface area contributed by atoms with Gasteiger partial charge < -0.3 is 10.5 Å². The maximum atomic E-state index is 14.1. The first kappa shape index (κ1) is 13.0. The number of aromatic nitrogens is 2. The van der Waals surface area contributed by atoms with Crippen molar-refractivity contribution in [1.29, 1.82) is 0 Å². The molecule has 0 radical (unpaired) electrons. The van der Waals surface area contributed by atoms with E-state index < -0.39 is 0 Å². The van der Waals surface area contributed by atoms with Crippen molar-refractivity contribution in [3.05, 3.63) is 41.5 Å². The second kappa shape index (κ2) is 5.17. The number of benzene rings is 1. The molecule has 104 valence electrons. The van der Waals surface area contributed by atoms with Gasteiger partial charge in [0, 0.05) is 36.5 Å². The molecule has 0 saturated heterocycles. The molecular weight excluding hydrogens is 257 g/mol. The number of fused-ring (bicyclic) bond motifs is 1. The minimum absolute atomic E-state index is 0.141. The van der Waals surface area contributed by atoms with Crippen molar-refractivity contribution >= 4 is 0 Å². The summed E-state index contributed by atoms with van der Waals surface area (Å²) in [5, 5.41) is 0. The summed E-state index contributed by atoms with van der Waals surface area (Å²) >= 11 is 0. The molecule has 2 N–H and O–H groups in total. The Bertz CT molecular complexity index is 628. The van der Waals surface area contributed by atoms with E-state index in [1.807, 2.05) is 13.0 Å². The Morgan fingerprint density at radius 3 is 2.75 bits per heavy atom. The highest BCUT2D eigenvalue weighted by atomic mass is 19.1. The Morgan fingerprint density at radius 1 is 1.35 bits per heavy atom. The van der Waals surface area contributed by atoms with E-state index in [1.165, 1.54) is 6.07 Å². The summed E-state index contributed by atoms with van der Waals surface area (Å²) in [6.45, 7) is 2.42. The Morgan fingerprint density at radius 2 is 2.10 bits per heavy atom. The molecule has 4 nitrogen and oxygen atoms in total. The van der Waals surface area contributed by atoms with Crippen molar-refractivity contribution in [3.63, 3.8) is 0 Å². The van der Waals surface area contributed by atoms with Gasteiger partial charge in [-0.25, -0.2) is 14.4 Å². The van der Waals surface area contributed by atoms with Gasteiger partial charge in [0.1, 0.15) is 6.10 Å². The fourth-order valence-electron chi connectivity index (χ4n) is 2.33. The van der Waals surface area contributed by atoms with E-state index in [4.69, 9.17) is 10.5 Å². The van der Waals surface area contributed by atoms with Crippen LogP contribution in [0.1, 0.15) is 18.1 Å². The lowest BCUT2D eigenvalue weighted by atomic mass is 10.1. The van der Waals surface area contributed by atoms with Crippen LogP contribution in [-0.4, -0.2) is 22.6 Å². The summed E-state index contributed by atoms with van der Waals surface area (Å²) in [6, 6.07) is 3.30. The topological polar surface area (TPSA) is 61.0 Å². The lowest BCUT2D eigenvalue weighted by Crippen LogP contribution is -2.24. The van der Waals surface area contributed by atoms with Gasteiger partial charge in [0.2, 0.25) is 0 Å². The number of nitrogens with two attached hydrogens (primary N) is 1. The zero-order valence-corrected chi connectivity index (χ0v) is 11.3. The fourth-order valence-corrected chi connectivity index (χ4v) is 2.33. The van der Waals surface area contributed by atoms with Crippen molar-refractivity contribution in [2.24, 2.45) is 5.73 Å². The lowest BCUT2D eigenvalue weighted by molar-refractivity contribution is 0.232. The molecular formula is C15H16FN3O. The van der Waals surface area contributed by atoms with Crippen molar-refractivity contribution in [2.75, 3.05) is 6.54 Å². The Balaban J connectivity index is 1.97. The van der Waals surface area contributed by atoms with Gasteiger partial charge in [-0.05, 0) is 24.1 Å². The molecule has 0 amide bonds. The summed E-state index contributed by atoms with van der Waals surface area (Å²) in [5.41, 5.74) is 8.13. The Hall–Kier alpha value is -2.01. The molecule has 0 spiro atoms. The predicted octanol–water partition coefficient (Wildman–Crippen LogP) is 2.11. The van der Waals surface area contributed by atoms with Gasteiger partial charge in [-0.15, -0.1) is 0 Å². The molecule has 1 aromatic carbocycles. The summed E-state index contributed by atoms with van der Waals surface area (Å²) in [5.74, 6) is 0.464. The number of hydrogen-bond acceptors (Lipinski definition) is 4. The van der Waals surface area contributed by atoms with E-state index in [2.05, 4.69) is 9.97 Å². The van der Waals surface area contributed by atoms with Crippen LogP contribution in [0.5, 0.6) is 5.75 Å². The van der Waals surface area contributed by atoms with Crippen LogP contribution in [0.25, 0.3) is 11.4 Å². The van der Waals surface area contributed by atoms with Crippen molar-refractivity contribution in [1.82, 2.24) is 9.97 Å². The van der Waals surface area contributed by atoms with E-state index in [0.717, 1.165) is 17.5 Å². The summed E-state index contributed by atoms with van der Waals surface area (Å²) in [7, 11) is 0. The highest BCUT2D eigenvalue weighted by molar-refractivity contribution is 5.60. The van der Waals surface area contributed by atoms with Gasteiger partial charge >= 0.3 is 0 Å². The first-order valence-corrected chi connectivity index (χ1v) is 6.71. The normalized spacial score (nSPS) is 16.9. The molecule has 5 heteroatoms. The molecule has 1 atom stereocenters. The van der Waals surface area contributed by atoms with Crippen LogP contribution in [0.3, 0.4) is 0 Å². The zero-order valence-electron chi connectivity index (χ0n) is 11.3. The van der Waals surface area contributed by atoms with Gasteiger partial charge in [0.25, 0.3) is 0 Å². The van der Waals surface area contributed by atoms with Crippen LogP contribution in [0.15, 0.2) is 24.5 Å². The second-order valence-corrected chi connectivity index (χ2v) is 4.89.